The molecule has 30 heavy (non-hydrogen) atoms. The van der Waals surface area contributed by atoms with Crippen molar-refractivity contribution in [1.82, 2.24) is 10.6 Å². The highest BCUT2D eigenvalue weighted by molar-refractivity contribution is 5.93. The van der Waals surface area contributed by atoms with Crippen molar-refractivity contribution in [3.63, 3.8) is 0 Å². The Morgan fingerprint density at radius 1 is 1.00 bits per heavy atom. The van der Waals surface area contributed by atoms with Gasteiger partial charge in [0.1, 0.15) is 5.78 Å². The van der Waals surface area contributed by atoms with Gasteiger partial charge < -0.3 is 16.4 Å². The van der Waals surface area contributed by atoms with E-state index >= 15 is 0 Å². The van der Waals surface area contributed by atoms with Gasteiger partial charge in [-0.3, -0.25) is 14.4 Å². The molecule has 1 rings (SSSR count). The van der Waals surface area contributed by atoms with Crippen LogP contribution in [0.2, 0.25) is 0 Å². The molecule has 7 nitrogen and oxygen atoms in total. The van der Waals surface area contributed by atoms with Crippen LogP contribution in [0.3, 0.4) is 0 Å². The van der Waals surface area contributed by atoms with E-state index in [9.17, 15) is 19.2 Å². The second-order valence-corrected chi connectivity index (χ2v) is 8.04. The third-order valence-corrected chi connectivity index (χ3v) is 5.11. The topological polar surface area (TPSA) is 118 Å². The number of aryl methyl sites for hydroxylation is 1. The molecule has 7 heteroatoms. The molecule has 0 heterocycles. The number of hydrogen-bond donors (Lipinski definition) is 3. The highest BCUT2D eigenvalue weighted by Crippen LogP contribution is 2.19. The molecule has 0 aliphatic carbocycles. The molecule has 0 fully saturated rings. The Hall–Kier alpha value is -2.70. The number of benzene rings is 1. The van der Waals surface area contributed by atoms with Crippen LogP contribution in [0.1, 0.15) is 58.1 Å². The first kappa shape index (κ1) is 25.3. The molecular formula is C23H35N3O4. The minimum atomic E-state index is -0.620. The third-order valence-electron chi connectivity index (χ3n) is 5.11. The number of urea groups is 1. The first-order valence-corrected chi connectivity index (χ1v) is 10.6. The predicted octanol–water partition coefficient (Wildman–Crippen LogP) is 2.55. The average Bonchev–Trinajstić information content (AvgIpc) is 2.68. The molecule has 0 aliphatic rings. The Morgan fingerprint density at radius 3 is 2.10 bits per heavy atom. The van der Waals surface area contributed by atoms with E-state index in [-0.39, 0.29) is 36.2 Å². The van der Waals surface area contributed by atoms with E-state index in [0.29, 0.717) is 19.4 Å². The van der Waals surface area contributed by atoms with Crippen molar-refractivity contribution < 1.29 is 19.2 Å². The molecule has 3 amide bonds. The van der Waals surface area contributed by atoms with E-state index < -0.39 is 18.0 Å². The zero-order valence-corrected chi connectivity index (χ0v) is 18.5. The number of carbonyl (C=O) groups is 4. The molecule has 0 bridgehead atoms. The summed E-state index contributed by atoms with van der Waals surface area (Å²) in [6.07, 6.45) is 2.23. The highest BCUT2D eigenvalue weighted by Gasteiger charge is 2.28. The smallest absolute Gasteiger partial charge is 0.312 e. The van der Waals surface area contributed by atoms with Gasteiger partial charge >= 0.3 is 6.03 Å². The SMILES string of the molecule is CCc1ccc(CC(=O)[C@H](CCCNC(N)=O)CC(=O)C(NC(C)=O)C(C)C)cc1. The normalized spacial score (nSPS) is 12.8. The van der Waals surface area contributed by atoms with Gasteiger partial charge in [-0.1, -0.05) is 45.0 Å². The maximum atomic E-state index is 13.0. The van der Waals surface area contributed by atoms with Crippen LogP contribution in [0.15, 0.2) is 24.3 Å². The van der Waals surface area contributed by atoms with Crippen molar-refractivity contribution in [2.45, 2.75) is 65.8 Å². The second kappa shape index (κ2) is 12.8. The van der Waals surface area contributed by atoms with Crippen molar-refractivity contribution in [3.8, 4) is 0 Å². The Morgan fingerprint density at radius 2 is 1.60 bits per heavy atom. The van der Waals surface area contributed by atoms with Crippen molar-refractivity contribution in [3.05, 3.63) is 35.4 Å². The lowest BCUT2D eigenvalue weighted by Gasteiger charge is -2.23. The van der Waals surface area contributed by atoms with Gasteiger partial charge in [0.05, 0.1) is 6.04 Å². The maximum absolute atomic E-state index is 13.0. The van der Waals surface area contributed by atoms with Gasteiger partial charge in [0.2, 0.25) is 5.91 Å². The second-order valence-electron chi connectivity index (χ2n) is 8.04. The summed E-state index contributed by atoms with van der Waals surface area (Å²) in [7, 11) is 0. The van der Waals surface area contributed by atoms with Crippen molar-refractivity contribution in [1.29, 1.82) is 0 Å². The van der Waals surface area contributed by atoms with E-state index in [4.69, 9.17) is 5.73 Å². The summed E-state index contributed by atoms with van der Waals surface area (Å²) in [4.78, 5) is 48.2. The van der Waals surface area contributed by atoms with Crippen LogP contribution >= 0.6 is 0 Å². The zero-order chi connectivity index (χ0) is 22.7. The van der Waals surface area contributed by atoms with Crippen LogP contribution in [0.25, 0.3) is 0 Å². The molecule has 0 aromatic heterocycles. The number of Topliss-reactive ketones (excluding diaryl/α,β-unsaturated/α-hetero) is 2. The van der Waals surface area contributed by atoms with Gasteiger partial charge in [0.15, 0.2) is 5.78 Å². The van der Waals surface area contributed by atoms with Crippen LogP contribution in [0.5, 0.6) is 0 Å². The molecule has 0 radical (unpaired) electrons. The van der Waals surface area contributed by atoms with E-state index in [2.05, 4.69) is 17.6 Å². The third kappa shape index (κ3) is 9.20. The largest absolute Gasteiger partial charge is 0.352 e. The minimum absolute atomic E-state index is 0.0167. The summed E-state index contributed by atoms with van der Waals surface area (Å²) >= 11 is 0. The van der Waals surface area contributed by atoms with Crippen molar-refractivity contribution >= 4 is 23.5 Å². The summed E-state index contributed by atoms with van der Waals surface area (Å²) in [5, 5.41) is 5.20. The molecule has 0 aliphatic heterocycles. The van der Waals surface area contributed by atoms with Crippen molar-refractivity contribution in [2.24, 2.45) is 17.6 Å². The Bertz CT molecular complexity index is 728. The number of hydrogen-bond acceptors (Lipinski definition) is 4. The number of primary amides is 1. The van der Waals surface area contributed by atoms with E-state index in [1.165, 1.54) is 12.5 Å². The number of rotatable bonds is 13. The number of carbonyl (C=O) groups excluding carboxylic acids is 4. The summed E-state index contributed by atoms with van der Waals surface area (Å²) in [5.74, 6) is -0.991. The van der Waals surface area contributed by atoms with Gasteiger partial charge in [0, 0.05) is 32.2 Å². The first-order valence-electron chi connectivity index (χ1n) is 10.6. The lowest BCUT2D eigenvalue weighted by Crippen LogP contribution is -2.44. The minimum Gasteiger partial charge on any atom is -0.352 e. The van der Waals surface area contributed by atoms with E-state index in [1.807, 2.05) is 38.1 Å². The average molecular weight is 418 g/mol. The molecule has 1 unspecified atom stereocenters. The monoisotopic (exact) mass is 417 g/mol. The summed E-state index contributed by atoms with van der Waals surface area (Å²) in [6, 6.07) is 6.66. The van der Waals surface area contributed by atoms with Crippen LogP contribution in [-0.4, -0.2) is 36.1 Å². The Kier molecular flexibility index (Phi) is 10.8. The fourth-order valence-electron chi connectivity index (χ4n) is 3.38. The molecule has 2 atom stereocenters. The van der Waals surface area contributed by atoms with Gasteiger partial charge in [-0.25, -0.2) is 4.79 Å². The highest BCUT2D eigenvalue weighted by atomic mass is 16.2. The van der Waals surface area contributed by atoms with Crippen LogP contribution in [0, 0.1) is 11.8 Å². The van der Waals surface area contributed by atoms with E-state index in [1.54, 1.807) is 0 Å². The lowest BCUT2D eigenvalue weighted by atomic mass is 9.85. The standard InChI is InChI=1S/C23H35N3O4/c1-5-17-8-10-18(11-9-17)13-20(28)19(7-6-12-25-23(24)30)14-21(29)22(15(2)3)26-16(4)27/h8-11,15,19,22H,5-7,12-14H2,1-4H3,(H,26,27)(H3,24,25,30)/t19-,22?/m1/s1. The van der Waals surface area contributed by atoms with Crippen LogP contribution < -0.4 is 16.4 Å². The van der Waals surface area contributed by atoms with Gasteiger partial charge in [-0.05, 0) is 36.3 Å². The maximum Gasteiger partial charge on any atom is 0.312 e. The fourth-order valence-corrected chi connectivity index (χ4v) is 3.38. The van der Waals surface area contributed by atoms with Gasteiger partial charge in [-0.15, -0.1) is 0 Å². The van der Waals surface area contributed by atoms with E-state index in [0.717, 1.165) is 12.0 Å². The molecule has 4 N–H and O–H groups in total. The number of nitrogens with one attached hydrogen (secondary N) is 2. The molecule has 166 valence electrons. The number of ketones is 2. The molecule has 0 spiro atoms. The quantitative estimate of drug-likeness (QED) is 0.427. The van der Waals surface area contributed by atoms with Gasteiger partial charge in [-0.2, -0.15) is 0 Å². The molecular weight excluding hydrogens is 382 g/mol. The molecule has 1 aromatic rings. The lowest BCUT2D eigenvalue weighted by molar-refractivity contribution is -0.131. The molecule has 1 aromatic carbocycles. The van der Waals surface area contributed by atoms with Crippen LogP contribution in [0.4, 0.5) is 4.79 Å². The number of nitrogens with two attached hydrogens (primary N) is 1. The van der Waals surface area contributed by atoms with Crippen LogP contribution in [-0.2, 0) is 27.2 Å². The van der Waals surface area contributed by atoms with Crippen molar-refractivity contribution in [2.75, 3.05) is 6.54 Å². The summed E-state index contributed by atoms with van der Waals surface area (Å²) < 4.78 is 0. The Labute approximate surface area is 179 Å². The zero-order valence-electron chi connectivity index (χ0n) is 18.5. The van der Waals surface area contributed by atoms with Gasteiger partial charge in [0.25, 0.3) is 0 Å². The predicted molar refractivity (Wildman–Crippen MR) is 117 cm³/mol. The number of amides is 3. The molecule has 0 saturated carbocycles. The molecule has 0 saturated heterocycles. The Balaban J connectivity index is 2.87. The summed E-state index contributed by atoms with van der Waals surface area (Å²) in [6.45, 7) is 7.52. The first-order chi connectivity index (χ1) is 14.1. The summed E-state index contributed by atoms with van der Waals surface area (Å²) in [5.41, 5.74) is 7.19. The fraction of sp³-hybridized carbons (Fsp3) is 0.565.